The Kier molecular flexibility index (Phi) is 8.74. The van der Waals surface area contributed by atoms with E-state index in [2.05, 4.69) is 200 Å². The molecule has 10 aromatic rings. The van der Waals surface area contributed by atoms with Crippen molar-refractivity contribution in [2.75, 3.05) is 4.90 Å². The molecule has 298 valence electrons. The predicted molar refractivity (Wildman–Crippen MR) is 260 cm³/mol. The van der Waals surface area contributed by atoms with Crippen LogP contribution in [0.15, 0.2) is 205 Å². The minimum atomic E-state index is -0.321. The highest BCUT2D eigenvalue weighted by atomic mass is 16.3. The van der Waals surface area contributed by atoms with Gasteiger partial charge in [0.15, 0.2) is 0 Å². The number of rotatable bonds is 7. The first kappa shape index (κ1) is 36.7. The number of benzene rings is 9. The fourth-order valence-corrected chi connectivity index (χ4v) is 11.2. The Morgan fingerprint density at radius 1 is 0.484 bits per heavy atom. The highest BCUT2D eigenvalue weighted by molar-refractivity contribution is 6.07. The number of fused-ring (bicyclic) bond motifs is 7. The molecule has 2 nitrogen and oxygen atoms in total. The fourth-order valence-electron chi connectivity index (χ4n) is 11.2. The smallest absolute Gasteiger partial charge is 0.135 e. The van der Waals surface area contributed by atoms with Crippen molar-refractivity contribution in [3.05, 3.63) is 222 Å². The highest BCUT2D eigenvalue weighted by Crippen LogP contribution is 2.57. The lowest BCUT2D eigenvalue weighted by atomic mass is 9.74. The minimum absolute atomic E-state index is 0.321. The van der Waals surface area contributed by atoms with Gasteiger partial charge < -0.3 is 9.32 Å². The highest BCUT2D eigenvalue weighted by Gasteiger charge is 2.42. The van der Waals surface area contributed by atoms with Crippen molar-refractivity contribution >= 4 is 49.8 Å². The monoisotopic (exact) mass is 797 g/mol. The fraction of sp³-hybridized carbons (Fsp3) is 0.133. The Hall–Kier alpha value is -7.16. The molecule has 0 spiro atoms. The van der Waals surface area contributed by atoms with E-state index in [0.29, 0.717) is 5.92 Å². The van der Waals surface area contributed by atoms with Gasteiger partial charge in [0, 0.05) is 33.0 Å². The molecule has 1 unspecified atom stereocenters. The Morgan fingerprint density at radius 3 is 1.98 bits per heavy atom. The SMILES string of the molecule is CC1(c2ccccc2)c2ccccc2-c2c(N(c3ccc(-c4ccc5oc6ccccc6c5c4)cc3)c3ccccc3-c3cccc4cccc(C5CCCCC5)c34)cccc21. The van der Waals surface area contributed by atoms with Crippen LogP contribution in [0.4, 0.5) is 17.1 Å². The molecule has 0 bridgehead atoms. The Labute approximate surface area is 363 Å². The quantitative estimate of drug-likeness (QED) is 0.160. The van der Waals surface area contributed by atoms with E-state index in [-0.39, 0.29) is 5.41 Å². The Bertz CT molecular complexity index is 3290. The molecule has 0 N–H and O–H groups in total. The second-order valence-corrected chi connectivity index (χ2v) is 17.5. The molecule has 0 amide bonds. The molecule has 0 radical (unpaired) electrons. The molecule has 0 saturated heterocycles. The molecule has 1 fully saturated rings. The zero-order chi connectivity index (χ0) is 41.2. The first-order valence-electron chi connectivity index (χ1n) is 22.4. The van der Waals surface area contributed by atoms with Gasteiger partial charge in [-0.2, -0.15) is 0 Å². The number of hydrogen-bond donors (Lipinski definition) is 0. The van der Waals surface area contributed by atoms with Gasteiger partial charge in [-0.25, -0.2) is 0 Å². The van der Waals surface area contributed by atoms with E-state index in [1.807, 2.05) is 12.1 Å². The lowest BCUT2D eigenvalue weighted by Gasteiger charge is -2.32. The molecule has 12 rings (SSSR count). The van der Waals surface area contributed by atoms with E-state index >= 15 is 0 Å². The molecule has 2 heteroatoms. The van der Waals surface area contributed by atoms with Crippen molar-refractivity contribution in [1.82, 2.24) is 0 Å². The van der Waals surface area contributed by atoms with E-state index in [4.69, 9.17) is 4.42 Å². The van der Waals surface area contributed by atoms with Gasteiger partial charge in [-0.1, -0.05) is 177 Å². The number of para-hydroxylation sites is 2. The maximum atomic E-state index is 6.21. The molecular weight excluding hydrogens is 751 g/mol. The molecule has 2 aliphatic carbocycles. The van der Waals surface area contributed by atoms with Crippen molar-refractivity contribution in [3.63, 3.8) is 0 Å². The van der Waals surface area contributed by atoms with Gasteiger partial charge in [0.1, 0.15) is 11.2 Å². The van der Waals surface area contributed by atoms with Crippen LogP contribution in [0.5, 0.6) is 0 Å². The number of furan rings is 1. The van der Waals surface area contributed by atoms with Gasteiger partial charge in [-0.05, 0) is 123 Å². The summed E-state index contributed by atoms with van der Waals surface area (Å²) in [4.78, 5) is 2.54. The van der Waals surface area contributed by atoms with Crippen molar-refractivity contribution in [1.29, 1.82) is 0 Å². The molecule has 9 aromatic carbocycles. The predicted octanol–water partition coefficient (Wildman–Crippen LogP) is 16.9. The van der Waals surface area contributed by atoms with Crippen LogP contribution in [0, 0.1) is 0 Å². The summed E-state index contributed by atoms with van der Waals surface area (Å²) in [5.41, 5.74) is 17.9. The van der Waals surface area contributed by atoms with Crippen molar-refractivity contribution < 1.29 is 4.42 Å². The molecular formula is C60H47NO. The van der Waals surface area contributed by atoms with E-state index in [0.717, 1.165) is 33.3 Å². The van der Waals surface area contributed by atoms with Gasteiger partial charge >= 0.3 is 0 Å². The largest absolute Gasteiger partial charge is 0.456 e. The summed E-state index contributed by atoms with van der Waals surface area (Å²) >= 11 is 0. The molecule has 0 aliphatic heterocycles. The van der Waals surface area contributed by atoms with Gasteiger partial charge in [0.2, 0.25) is 0 Å². The first-order chi connectivity index (χ1) is 30.6. The van der Waals surface area contributed by atoms with Crippen molar-refractivity contribution in [2.24, 2.45) is 0 Å². The first-order valence-corrected chi connectivity index (χ1v) is 22.4. The average molecular weight is 798 g/mol. The van der Waals surface area contributed by atoms with Crippen LogP contribution in [-0.2, 0) is 5.41 Å². The molecule has 1 aromatic heterocycles. The van der Waals surface area contributed by atoms with Crippen LogP contribution in [0.1, 0.15) is 67.2 Å². The minimum Gasteiger partial charge on any atom is -0.456 e. The average Bonchev–Trinajstić information content (AvgIpc) is 3.85. The number of hydrogen-bond acceptors (Lipinski definition) is 2. The second kappa shape index (κ2) is 14.8. The summed E-state index contributed by atoms with van der Waals surface area (Å²) in [6.45, 7) is 2.41. The number of nitrogens with zero attached hydrogens (tertiary/aromatic N) is 1. The van der Waals surface area contributed by atoms with E-state index in [1.165, 1.54) is 104 Å². The topological polar surface area (TPSA) is 16.4 Å². The van der Waals surface area contributed by atoms with Crippen molar-refractivity contribution in [2.45, 2.75) is 50.4 Å². The van der Waals surface area contributed by atoms with Gasteiger partial charge in [0.05, 0.1) is 11.4 Å². The zero-order valence-electron chi connectivity index (χ0n) is 35.0. The summed E-state index contributed by atoms with van der Waals surface area (Å²) < 4.78 is 6.21. The van der Waals surface area contributed by atoms with Crippen LogP contribution < -0.4 is 4.90 Å². The van der Waals surface area contributed by atoms with Crippen LogP contribution in [0.25, 0.3) is 66.1 Å². The summed E-state index contributed by atoms with van der Waals surface area (Å²) in [6, 6.07) is 74.2. The lowest BCUT2D eigenvalue weighted by molar-refractivity contribution is 0.445. The van der Waals surface area contributed by atoms with Gasteiger partial charge in [0.25, 0.3) is 0 Å². The summed E-state index contributed by atoms with van der Waals surface area (Å²) in [6.07, 6.45) is 6.46. The van der Waals surface area contributed by atoms with E-state index in [1.54, 1.807) is 0 Å². The van der Waals surface area contributed by atoms with Crippen LogP contribution in [0.3, 0.4) is 0 Å². The molecule has 1 atom stereocenters. The zero-order valence-corrected chi connectivity index (χ0v) is 35.0. The molecule has 2 aliphatic rings. The molecule has 1 saturated carbocycles. The second-order valence-electron chi connectivity index (χ2n) is 17.5. The number of anilines is 3. The maximum Gasteiger partial charge on any atom is 0.135 e. The van der Waals surface area contributed by atoms with Gasteiger partial charge in [-0.15, -0.1) is 0 Å². The summed E-state index contributed by atoms with van der Waals surface area (Å²) in [7, 11) is 0. The standard InChI is InChI=1S/C60H47NO/c1-60(44-21-6-3-7-22-44)52-28-11-8-25-50(52)59-53(60)29-16-31-55(59)61(45-36-33-40(34-37-45)43-35-38-57-51(39-43)48-24-10-13-32-56(48)62-57)54-30-12-9-23-47(54)49-27-15-20-42-19-14-26-46(58(42)49)41-17-4-2-5-18-41/h3,6-16,19-39,41H,2,4-5,17-18H2,1H3. The summed E-state index contributed by atoms with van der Waals surface area (Å²) in [5.74, 6) is 0.577. The van der Waals surface area contributed by atoms with Crippen molar-refractivity contribution in [3.8, 4) is 33.4 Å². The Balaban J connectivity index is 1.08. The van der Waals surface area contributed by atoms with E-state index < -0.39 is 0 Å². The summed E-state index contributed by atoms with van der Waals surface area (Å²) in [5, 5.41) is 4.99. The third-order valence-corrected chi connectivity index (χ3v) is 14.2. The normalized spacial score (nSPS) is 16.1. The maximum absolute atomic E-state index is 6.21. The molecule has 62 heavy (non-hydrogen) atoms. The third kappa shape index (κ3) is 5.77. The Morgan fingerprint density at radius 2 is 1.13 bits per heavy atom. The van der Waals surface area contributed by atoms with Crippen LogP contribution >= 0.6 is 0 Å². The van der Waals surface area contributed by atoms with Gasteiger partial charge in [-0.3, -0.25) is 0 Å². The molecule has 1 heterocycles. The lowest BCUT2D eigenvalue weighted by Crippen LogP contribution is -2.22. The van der Waals surface area contributed by atoms with Crippen LogP contribution in [0.2, 0.25) is 0 Å². The van der Waals surface area contributed by atoms with E-state index in [9.17, 15) is 0 Å². The third-order valence-electron chi connectivity index (χ3n) is 14.2. The van der Waals surface area contributed by atoms with Crippen LogP contribution in [-0.4, -0.2) is 0 Å².